The number of rotatable bonds is 7. The Hall–Kier alpha value is -3.45. The predicted molar refractivity (Wildman–Crippen MR) is 151 cm³/mol. The SMILES string of the molecule is CC(C)(C)c1ccc(Oc2ccc3cc(C(=O)NC4(C(=O)O)CCOCC4)nc(CC4CCCC4)c3c2)cc1. The van der Waals surface area contributed by atoms with E-state index in [0.29, 0.717) is 24.9 Å². The van der Waals surface area contributed by atoms with E-state index in [2.05, 4.69) is 38.2 Å². The third kappa shape index (κ3) is 6.09. The molecule has 1 aromatic heterocycles. The van der Waals surface area contributed by atoms with Crippen LogP contribution in [0.15, 0.2) is 48.5 Å². The fraction of sp³-hybridized carbons (Fsp3) is 0.469. The van der Waals surface area contributed by atoms with Gasteiger partial charge in [-0.05, 0) is 59.0 Å². The van der Waals surface area contributed by atoms with Gasteiger partial charge in [-0.25, -0.2) is 9.78 Å². The summed E-state index contributed by atoms with van der Waals surface area (Å²) >= 11 is 0. The second-order valence-corrected chi connectivity index (χ2v) is 12.0. The zero-order chi connectivity index (χ0) is 27.6. The minimum Gasteiger partial charge on any atom is -0.480 e. The topological polar surface area (TPSA) is 97.8 Å². The average molecular weight is 531 g/mol. The molecule has 206 valence electrons. The Morgan fingerprint density at radius 1 is 1.03 bits per heavy atom. The molecule has 7 heteroatoms. The molecule has 2 aliphatic rings. The molecular formula is C32H38N2O5. The first-order chi connectivity index (χ1) is 18.6. The number of benzene rings is 2. The van der Waals surface area contributed by atoms with Crippen LogP contribution in [0.25, 0.3) is 10.8 Å². The van der Waals surface area contributed by atoms with Crippen molar-refractivity contribution >= 4 is 22.6 Å². The van der Waals surface area contributed by atoms with Crippen molar-refractivity contribution < 1.29 is 24.2 Å². The van der Waals surface area contributed by atoms with Gasteiger partial charge in [-0.3, -0.25) is 4.79 Å². The van der Waals surface area contributed by atoms with Crippen molar-refractivity contribution in [2.24, 2.45) is 5.92 Å². The minimum absolute atomic E-state index is 0.0706. The molecule has 0 atom stereocenters. The van der Waals surface area contributed by atoms with Crippen LogP contribution in [0.4, 0.5) is 0 Å². The molecule has 2 fully saturated rings. The van der Waals surface area contributed by atoms with Crippen molar-refractivity contribution in [1.82, 2.24) is 10.3 Å². The van der Waals surface area contributed by atoms with Gasteiger partial charge < -0.3 is 19.9 Å². The highest BCUT2D eigenvalue weighted by Crippen LogP contribution is 2.33. The van der Waals surface area contributed by atoms with E-state index >= 15 is 0 Å². The zero-order valence-corrected chi connectivity index (χ0v) is 23.1. The molecule has 2 aromatic carbocycles. The van der Waals surface area contributed by atoms with E-state index in [4.69, 9.17) is 14.5 Å². The predicted octanol–water partition coefficient (Wildman–Crippen LogP) is 6.42. The molecule has 7 nitrogen and oxygen atoms in total. The average Bonchev–Trinajstić information content (AvgIpc) is 3.42. The number of carboxylic acid groups (broad SMARTS) is 1. The molecule has 1 saturated heterocycles. The third-order valence-corrected chi connectivity index (χ3v) is 8.14. The Kier molecular flexibility index (Phi) is 7.63. The first-order valence-corrected chi connectivity index (χ1v) is 14.0. The number of carbonyl (C=O) groups excluding carboxylic acids is 1. The molecule has 0 radical (unpaired) electrons. The summed E-state index contributed by atoms with van der Waals surface area (Å²) in [5.41, 5.74) is 1.08. The molecule has 1 aliphatic heterocycles. The molecule has 39 heavy (non-hydrogen) atoms. The molecule has 2 N–H and O–H groups in total. The van der Waals surface area contributed by atoms with Gasteiger partial charge in [0.25, 0.3) is 5.91 Å². The summed E-state index contributed by atoms with van der Waals surface area (Å²) in [5, 5.41) is 14.5. The molecule has 0 unspecified atom stereocenters. The highest BCUT2D eigenvalue weighted by molar-refractivity contribution is 6.00. The van der Waals surface area contributed by atoms with Crippen molar-refractivity contribution in [2.75, 3.05) is 13.2 Å². The van der Waals surface area contributed by atoms with Gasteiger partial charge in [0.05, 0.1) is 0 Å². The van der Waals surface area contributed by atoms with Crippen LogP contribution in [0, 0.1) is 5.92 Å². The standard InChI is InChI=1S/C32H38N2O5/c1-31(2,3)23-9-12-24(13-10-23)39-25-11-8-22-19-28(29(35)34-32(30(36)37)14-16-38-17-15-32)33-27(26(22)20-25)18-21-6-4-5-7-21/h8-13,19-21H,4-7,14-18H2,1-3H3,(H,34,35)(H,36,37). The summed E-state index contributed by atoms with van der Waals surface area (Å²) in [4.78, 5) is 30.3. The van der Waals surface area contributed by atoms with Crippen LogP contribution in [0.3, 0.4) is 0 Å². The largest absolute Gasteiger partial charge is 0.480 e. The highest BCUT2D eigenvalue weighted by Gasteiger charge is 2.42. The number of pyridine rings is 1. The van der Waals surface area contributed by atoms with Crippen LogP contribution in [0.1, 0.15) is 81.0 Å². The van der Waals surface area contributed by atoms with Crippen molar-refractivity contribution in [3.8, 4) is 11.5 Å². The number of aliphatic carboxylic acids is 1. The summed E-state index contributed by atoms with van der Waals surface area (Å²) in [5.74, 6) is 0.495. The van der Waals surface area contributed by atoms with Crippen LogP contribution in [0.5, 0.6) is 11.5 Å². The number of carbonyl (C=O) groups is 2. The van der Waals surface area contributed by atoms with E-state index in [1.165, 1.54) is 18.4 Å². The van der Waals surface area contributed by atoms with E-state index in [-0.39, 0.29) is 24.0 Å². The number of aromatic nitrogens is 1. The second kappa shape index (κ2) is 11.0. The first-order valence-electron chi connectivity index (χ1n) is 14.0. The number of amides is 1. The van der Waals surface area contributed by atoms with E-state index in [9.17, 15) is 14.7 Å². The number of ether oxygens (including phenoxy) is 2. The summed E-state index contributed by atoms with van der Waals surface area (Å²) in [6.45, 7) is 7.15. The number of nitrogens with zero attached hydrogens (tertiary/aromatic N) is 1. The monoisotopic (exact) mass is 530 g/mol. The van der Waals surface area contributed by atoms with Gasteiger partial charge in [-0.1, -0.05) is 64.7 Å². The summed E-state index contributed by atoms with van der Waals surface area (Å²) in [7, 11) is 0. The lowest BCUT2D eigenvalue weighted by Crippen LogP contribution is -2.57. The molecule has 1 amide bonds. The van der Waals surface area contributed by atoms with Crippen molar-refractivity contribution in [2.45, 2.75) is 76.7 Å². The summed E-state index contributed by atoms with van der Waals surface area (Å²) in [6, 6.07) is 15.8. The van der Waals surface area contributed by atoms with E-state index in [1.54, 1.807) is 6.07 Å². The number of hydrogen-bond donors (Lipinski definition) is 2. The van der Waals surface area contributed by atoms with Crippen LogP contribution in [-0.2, 0) is 21.4 Å². The maximum absolute atomic E-state index is 13.4. The zero-order valence-electron chi connectivity index (χ0n) is 23.1. The van der Waals surface area contributed by atoms with Crippen LogP contribution in [-0.4, -0.2) is 40.7 Å². The van der Waals surface area contributed by atoms with Gasteiger partial charge in [0, 0.05) is 37.1 Å². The van der Waals surface area contributed by atoms with E-state index < -0.39 is 17.4 Å². The normalized spacial score (nSPS) is 17.7. The molecule has 0 spiro atoms. The van der Waals surface area contributed by atoms with Gasteiger partial charge in [0.1, 0.15) is 22.7 Å². The van der Waals surface area contributed by atoms with Crippen molar-refractivity contribution in [3.05, 3.63) is 65.5 Å². The van der Waals surface area contributed by atoms with E-state index in [0.717, 1.165) is 41.5 Å². The van der Waals surface area contributed by atoms with Gasteiger partial charge in [0.15, 0.2) is 0 Å². The Bertz CT molecular complexity index is 1350. The summed E-state index contributed by atoms with van der Waals surface area (Å²) < 4.78 is 11.6. The number of hydrogen-bond acceptors (Lipinski definition) is 5. The van der Waals surface area contributed by atoms with Crippen LogP contribution in [0.2, 0.25) is 0 Å². The number of nitrogens with one attached hydrogen (secondary N) is 1. The molecule has 0 bridgehead atoms. The lowest BCUT2D eigenvalue weighted by molar-refractivity contribution is -0.148. The Balaban J connectivity index is 1.45. The first kappa shape index (κ1) is 27.1. The van der Waals surface area contributed by atoms with Crippen LogP contribution >= 0.6 is 0 Å². The number of carboxylic acids is 1. The quantitative estimate of drug-likeness (QED) is 0.366. The lowest BCUT2D eigenvalue weighted by atomic mass is 9.87. The van der Waals surface area contributed by atoms with Gasteiger partial charge in [-0.2, -0.15) is 0 Å². The fourth-order valence-corrected chi connectivity index (χ4v) is 5.67. The Morgan fingerprint density at radius 2 is 1.69 bits per heavy atom. The second-order valence-electron chi connectivity index (χ2n) is 12.0. The fourth-order valence-electron chi connectivity index (χ4n) is 5.67. The molecule has 2 heterocycles. The van der Waals surface area contributed by atoms with E-state index in [1.807, 2.05) is 30.3 Å². The molecule has 1 aliphatic carbocycles. The van der Waals surface area contributed by atoms with Crippen molar-refractivity contribution in [1.29, 1.82) is 0 Å². The Morgan fingerprint density at radius 3 is 2.33 bits per heavy atom. The molecule has 5 rings (SSSR count). The molecule has 1 saturated carbocycles. The third-order valence-electron chi connectivity index (χ3n) is 8.14. The maximum Gasteiger partial charge on any atom is 0.329 e. The Labute approximate surface area is 229 Å². The minimum atomic E-state index is -1.34. The van der Waals surface area contributed by atoms with Crippen LogP contribution < -0.4 is 10.1 Å². The summed E-state index contributed by atoms with van der Waals surface area (Å²) in [6.07, 6.45) is 5.97. The highest BCUT2D eigenvalue weighted by atomic mass is 16.5. The maximum atomic E-state index is 13.4. The van der Waals surface area contributed by atoms with Gasteiger partial charge in [-0.15, -0.1) is 0 Å². The number of fused-ring (bicyclic) bond motifs is 1. The molecular weight excluding hydrogens is 492 g/mol. The lowest BCUT2D eigenvalue weighted by Gasteiger charge is -2.33. The van der Waals surface area contributed by atoms with Crippen molar-refractivity contribution in [3.63, 3.8) is 0 Å². The van der Waals surface area contributed by atoms with Gasteiger partial charge in [0.2, 0.25) is 0 Å². The van der Waals surface area contributed by atoms with Gasteiger partial charge >= 0.3 is 5.97 Å². The smallest absolute Gasteiger partial charge is 0.329 e. The molecule has 3 aromatic rings.